The Kier molecular flexibility index (Phi) is 4.93. The van der Waals surface area contributed by atoms with Gasteiger partial charge in [0.1, 0.15) is 11.3 Å². The van der Waals surface area contributed by atoms with E-state index in [1.54, 1.807) is 11.4 Å². The minimum absolute atomic E-state index is 0.0708. The number of anilines is 1. The van der Waals surface area contributed by atoms with E-state index in [9.17, 15) is 14.7 Å². The fraction of sp³-hybridized carbons (Fsp3) is 0. The number of aromatic carboxylic acids is 1. The normalized spacial score (nSPS) is 10.8. The van der Waals surface area contributed by atoms with Crippen LogP contribution in [0.3, 0.4) is 0 Å². The quantitative estimate of drug-likeness (QED) is 0.417. The Hall–Kier alpha value is -3.03. The van der Waals surface area contributed by atoms with E-state index < -0.39 is 11.9 Å². The number of amides is 1. The summed E-state index contributed by atoms with van der Waals surface area (Å²) in [6.07, 6.45) is 0. The van der Waals surface area contributed by atoms with Gasteiger partial charge in [0.15, 0.2) is 0 Å². The van der Waals surface area contributed by atoms with Crippen LogP contribution in [0.1, 0.15) is 20.8 Å². The number of thiophene rings is 1. The van der Waals surface area contributed by atoms with E-state index in [4.69, 9.17) is 0 Å². The molecule has 0 fully saturated rings. The van der Waals surface area contributed by atoms with Gasteiger partial charge in [0.05, 0.1) is 16.1 Å². The third-order valence-electron chi connectivity index (χ3n) is 4.19. The van der Waals surface area contributed by atoms with Gasteiger partial charge in [0.2, 0.25) is 0 Å². The Balaban J connectivity index is 1.68. The predicted octanol–water partition coefficient (Wildman–Crippen LogP) is 5.68. The highest BCUT2D eigenvalue weighted by Gasteiger charge is 2.22. The van der Waals surface area contributed by atoms with Crippen molar-refractivity contribution in [3.05, 3.63) is 81.8 Å². The van der Waals surface area contributed by atoms with Gasteiger partial charge in [-0.25, -0.2) is 9.78 Å². The molecule has 0 atom stereocenters. The van der Waals surface area contributed by atoms with Gasteiger partial charge in [-0.2, -0.15) is 0 Å². The van der Waals surface area contributed by atoms with Crippen LogP contribution in [0.25, 0.3) is 21.3 Å². The van der Waals surface area contributed by atoms with Gasteiger partial charge in [-0.05, 0) is 29.8 Å². The Labute approximate surface area is 172 Å². The van der Waals surface area contributed by atoms with Crippen molar-refractivity contribution >= 4 is 55.7 Å². The van der Waals surface area contributed by atoms with E-state index in [-0.39, 0.29) is 16.9 Å². The van der Waals surface area contributed by atoms with Gasteiger partial charge in [-0.3, -0.25) is 4.79 Å². The molecule has 0 radical (unpaired) electrons. The molecule has 5 nitrogen and oxygen atoms in total. The van der Waals surface area contributed by atoms with Crippen LogP contribution >= 0.6 is 27.3 Å². The number of benzene rings is 2. The van der Waals surface area contributed by atoms with Crippen molar-refractivity contribution in [3.63, 3.8) is 0 Å². The van der Waals surface area contributed by atoms with Crippen molar-refractivity contribution in [2.24, 2.45) is 0 Å². The van der Waals surface area contributed by atoms with Gasteiger partial charge < -0.3 is 10.4 Å². The lowest BCUT2D eigenvalue weighted by Crippen LogP contribution is -2.15. The summed E-state index contributed by atoms with van der Waals surface area (Å²) in [6, 6.07) is 18.3. The number of para-hydroxylation sites is 1. The molecule has 4 aromatic rings. The number of pyridine rings is 1. The number of carbonyl (C=O) groups excluding carboxylic acids is 1. The molecule has 7 heteroatoms. The SMILES string of the molecule is O=C(Nc1csc(-c2ccc(Br)cc2)c1C(=O)O)c1ccc2ccccc2n1. The molecule has 0 saturated heterocycles. The van der Waals surface area contributed by atoms with Crippen molar-refractivity contribution in [1.29, 1.82) is 0 Å². The molecule has 0 bridgehead atoms. The number of halogens is 1. The van der Waals surface area contributed by atoms with Crippen LogP contribution in [-0.2, 0) is 0 Å². The first-order chi connectivity index (χ1) is 13.5. The first kappa shape index (κ1) is 18.3. The number of carboxylic acid groups (broad SMARTS) is 1. The number of nitrogens with one attached hydrogen (secondary N) is 1. The first-order valence-corrected chi connectivity index (χ1v) is 9.98. The summed E-state index contributed by atoms with van der Waals surface area (Å²) in [5.41, 5.74) is 2.03. The average molecular weight is 453 g/mol. The monoisotopic (exact) mass is 452 g/mol. The number of rotatable bonds is 4. The van der Waals surface area contributed by atoms with Gasteiger partial charge >= 0.3 is 5.97 Å². The number of hydrogen-bond acceptors (Lipinski definition) is 4. The molecule has 138 valence electrons. The second kappa shape index (κ2) is 7.53. The maximum absolute atomic E-state index is 12.7. The largest absolute Gasteiger partial charge is 0.478 e. The van der Waals surface area contributed by atoms with Gasteiger partial charge in [0, 0.05) is 15.2 Å². The molecule has 0 spiro atoms. The highest BCUT2D eigenvalue weighted by Crippen LogP contribution is 2.36. The molecule has 1 amide bonds. The van der Waals surface area contributed by atoms with Crippen LogP contribution in [0.4, 0.5) is 5.69 Å². The zero-order valence-corrected chi connectivity index (χ0v) is 16.8. The predicted molar refractivity (Wildman–Crippen MR) is 114 cm³/mol. The molecule has 2 aromatic carbocycles. The van der Waals surface area contributed by atoms with E-state index in [0.717, 1.165) is 15.4 Å². The lowest BCUT2D eigenvalue weighted by molar-refractivity contribution is 0.0699. The van der Waals surface area contributed by atoms with E-state index >= 15 is 0 Å². The summed E-state index contributed by atoms with van der Waals surface area (Å²) in [5.74, 6) is -1.55. The number of carboxylic acids is 1. The number of nitrogens with zero attached hydrogens (tertiary/aromatic N) is 1. The van der Waals surface area contributed by atoms with Crippen molar-refractivity contribution in [3.8, 4) is 10.4 Å². The van der Waals surface area contributed by atoms with Crippen LogP contribution < -0.4 is 5.32 Å². The van der Waals surface area contributed by atoms with Crippen LogP contribution in [-0.4, -0.2) is 22.0 Å². The molecule has 0 aliphatic rings. The molecule has 0 aliphatic heterocycles. The zero-order valence-electron chi connectivity index (χ0n) is 14.3. The maximum Gasteiger partial charge on any atom is 0.339 e. The summed E-state index contributed by atoms with van der Waals surface area (Å²) in [6.45, 7) is 0. The van der Waals surface area contributed by atoms with Crippen LogP contribution in [0.15, 0.2) is 70.5 Å². The van der Waals surface area contributed by atoms with Gasteiger partial charge in [-0.1, -0.05) is 52.3 Å². The molecule has 2 N–H and O–H groups in total. The maximum atomic E-state index is 12.7. The zero-order chi connectivity index (χ0) is 19.7. The first-order valence-electron chi connectivity index (χ1n) is 8.31. The minimum Gasteiger partial charge on any atom is -0.478 e. The highest BCUT2D eigenvalue weighted by atomic mass is 79.9. The fourth-order valence-corrected chi connectivity index (χ4v) is 4.12. The average Bonchev–Trinajstić information content (AvgIpc) is 3.12. The minimum atomic E-state index is -1.10. The molecule has 2 heterocycles. The fourth-order valence-electron chi connectivity index (χ4n) is 2.85. The third kappa shape index (κ3) is 3.54. The number of fused-ring (bicyclic) bond motifs is 1. The number of aromatic nitrogens is 1. The van der Waals surface area contributed by atoms with Gasteiger partial charge in [-0.15, -0.1) is 11.3 Å². The highest BCUT2D eigenvalue weighted by molar-refractivity contribution is 9.10. The standard InChI is InChI=1S/C21H13BrN2O3S/c22-14-8-5-13(6-9-14)19-18(21(26)27)17(11-28-19)24-20(25)16-10-7-12-3-1-2-4-15(12)23-16/h1-11H,(H,24,25)(H,26,27). The Bertz CT molecular complexity index is 1200. The summed E-state index contributed by atoms with van der Waals surface area (Å²) in [5, 5.41) is 15.0. The van der Waals surface area contributed by atoms with Crippen molar-refractivity contribution in [1.82, 2.24) is 4.98 Å². The molecule has 0 saturated carbocycles. The summed E-state index contributed by atoms with van der Waals surface area (Å²) < 4.78 is 0.903. The Morgan fingerprint density at radius 2 is 1.75 bits per heavy atom. The van der Waals surface area contributed by atoms with Crippen LogP contribution in [0.2, 0.25) is 0 Å². The smallest absolute Gasteiger partial charge is 0.339 e. The van der Waals surface area contributed by atoms with Gasteiger partial charge in [0.25, 0.3) is 5.91 Å². The van der Waals surface area contributed by atoms with Crippen molar-refractivity contribution < 1.29 is 14.7 Å². The van der Waals surface area contributed by atoms with Crippen molar-refractivity contribution in [2.75, 3.05) is 5.32 Å². The Morgan fingerprint density at radius 3 is 2.50 bits per heavy atom. The molecule has 0 aliphatic carbocycles. The molecular formula is C21H13BrN2O3S. The lowest BCUT2D eigenvalue weighted by atomic mass is 10.1. The van der Waals surface area contributed by atoms with Crippen LogP contribution in [0, 0.1) is 0 Å². The molecular weight excluding hydrogens is 440 g/mol. The molecule has 0 unspecified atom stereocenters. The Morgan fingerprint density at radius 1 is 1.00 bits per heavy atom. The second-order valence-electron chi connectivity index (χ2n) is 6.01. The number of carbonyl (C=O) groups is 2. The van der Waals surface area contributed by atoms with E-state index in [1.807, 2.05) is 54.6 Å². The van der Waals surface area contributed by atoms with E-state index in [0.29, 0.717) is 10.4 Å². The molecule has 28 heavy (non-hydrogen) atoms. The topological polar surface area (TPSA) is 79.3 Å². The summed E-state index contributed by atoms with van der Waals surface area (Å²) >= 11 is 4.64. The lowest BCUT2D eigenvalue weighted by Gasteiger charge is -2.07. The van der Waals surface area contributed by atoms with E-state index in [1.165, 1.54) is 11.3 Å². The molecule has 2 aromatic heterocycles. The second-order valence-corrected chi connectivity index (χ2v) is 7.80. The summed E-state index contributed by atoms with van der Waals surface area (Å²) in [4.78, 5) is 29.5. The number of hydrogen-bond donors (Lipinski definition) is 2. The van der Waals surface area contributed by atoms with Crippen LogP contribution in [0.5, 0.6) is 0 Å². The third-order valence-corrected chi connectivity index (χ3v) is 5.75. The molecule has 4 rings (SSSR count). The van der Waals surface area contributed by atoms with E-state index in [2.05, 4.69) is 26.2 Å². The summed E-state index contributed by atoms with van der Waals surface area (Å²) in [7, 11) is 0. The van der Waals surface area contributed by atoms with Crippen molar-refractivity contribution in [2.45, 2.75) is 0 Å².